The van der Waals surface area contributed by atoms with E-state index in [1.165, 1.54) is 11.1 Å². The van der Waals surface area contributed by atoms with E-state index in [2.05, 4.69) is 55.3 Å². The molecular weight excluding hydrogens is 238 g/mol. The van der Waals surface area contributed by atoms with Gasteiger partial charge in [0.2, 0.25) is 0 Å². The molecule has 2 aromatic rings. The van der Waals surface area contributed by atoms with E-state index in [4.69, 9.17) is 0 Å². The number of aliphatic hydroxyl groups excluding tert-OH is 1. The molecule has 0 radical (unpaired) electrons. The first-order valence-electron chi connectivity index (χ1n) is 6.76. The smallest absolute Gasteiger partial charge is 0.111 e. The molecule has 0 atom stereocenters. The number of hydrogen-bond donors (Lipinski definition) is 1. The van der Waals surface area contributed by atoms with Crippen molar-refractivity contribution in [2.75, 3.05) is 0 Å². The van der Waals surface area contributed by atoms with E-state index in [-0.39, 0.29) is 6.61 Å². The number of aromatic nitrogens is 3. The highest BCUT2D eigenvalue weighted by Gasteiger charge is 2.10. The fraction of sp³-hybridized carbons (Fsp3) is 0.467. The molecule has 19 heavy (non-hydrogen) atoms. The number of nitrogens with zero attached hydrogens (tertiary/aromatic N) is 3. The van der Waals surface area contributed by atoms with Crippen LogP contribution in [0.15, 0.2) is 24.3 Å². The fourth-order valence-electron chi connectivity index (χ4n) is 2.19. The van der Waals surface area contributed by atoms with Crippen LogP contribution in [0.4, 0.5) is 0 Å². The summed E-state index contributed by atoms with van der Waals surface area (Å²) in [4.78, 5) is 0. The van der Waals surface area contributed by atoms with Crippen molar-refractivity contribution in [1.29, 1.82) is 0 Å². The standard InChI is InChI=1S/C15H21N3O/c1-4-15-14(10-19)16-17-18(15)9-12-5-7-13(8-6-12)11(2)3/h5-8,11,19H,4,9-10H2,1-3H3. The second kappa shape index (κ2) is 5.97. The molecule has 1 aromatic heterocycles. The lowest BCUT2D eigenvalue weighted by Gasteiger charge is -2.08. The van der Waals surface area contributed by atoms with Gasteiger partial charge in [-0.1, -0.05) is 50.3 Å². The Morgan fingerprint density at radius 1 is 1.21 bits per heavy atom. The molecule has 0 aliphatic carbocycles. The summed E-state index contributed by atoms with van der Waals surface area (Å²) in [5, 5.41) is 17.3. The summed E-state index contributed by atoms with van der Waals surface area (Å²) >= 11 is 0. The Morgan fingerprint density at radius 2 is 1.89 bits per heavy atom. The quantitative estimate of drug-likeness (QED) is 0.897. The van der Waals surface area contributed by atoms with Gasteiger partial charge in [-0.05, 0) is 23.5 Å². The van der Waals surface area contributed by atoms with Crippen LogP contribution in [0.25, 0.3) is 0 Å². The van der Waals surface area contributed by atoms with Gasteiger partial charge < -0.3 is 5.11 Å². The second-order valence-electron chi connectivity index (χ2n) is 5.05. The molecule has 0 spiro atoms. The molecule has 102 valence electrons. The molecule has 0 aliphatic rings. The maximum absolute atomic E-state index is 9.21. The summed E-state index contributed by atoms with van der Waals surface area (Å²) in [6.45, 7) is 7.09. The maximum atomic E-state index is 9.21. The normalized spacial score (nSPS) is 11.2. The number of benzene rings is 1. The summed E-state index contributed by atoms with van der Waals surface area (Å²) in [5.41, 5.74) is 4.24. The van der Waals surface area contributed by atoms with E-state index >= 15 is 0 Å². The molecule has 0 saturated carbocycles. The van der Waals surface area contributed by atoms with Crippen LogP contribution in [0.2, 0.25) is 0 Å². The van der Waals surface area contributed by atoms with E-state index in [9.17, 15) is 5.11 Å². The monoisotopic (exact) mass is 259 g/mol. The largest absolute Gasteiger partial charge is 0.390 e. The van der Waals surface area contributed by atoms with Crippen LogP contribution >= 0.6 is 0 Å². The summed E-state index contributed by atoms with van der Waals surface area (Å²) in [7, 11) is 0. The van der Waals surface area contributed by atoms with Gasteiger partial charge in [0, 0.05) is 0 Å². The summed E-state index contributed by atoms with van der Waals surface area (Å²) in [6, 6.07) is 8.59. The van der Waals surface area contributed by atoms with Crippen molar-refractivity contribution in [3.63, 3.8) is 0 Å². The summed E-state index contributed by atoms with van der Waals surface area (Å²) in [6.07, 6.45) is 0.826. The van der Waals surface area contributed by atoms with E-state index in [0.717, 1.165) is 12.1 Å². The minimum absolute atomic E-state index is 0.0462. The highest BCUT2D eigenvalue weighted by atomic mass is 16.3. The summed E-state index contributed by atoms with van der Waals surface area (Å²) < 4.78 is 1.87. The Hall–Kier alpha value is -1.68. The van der Waals surface area contributed by atoms with Crippen LogP contribution in [0.5, 0.6) is 0 Å². The average Bonchev–Trinajstić information content (AvgIpc) is 2.81. The van der Waals surface area contributed by atoms with Gasteiger partial charge in [0.15, 0.2) is 0 Å². The van der Waals surface area contributed by atoms with Crippen molar-refractivity contribution in [3.05, 3.63) is 46.8 Å². The number of aliphatic hydroxyl groups is 1. The minimum atomic E-state index is -0.0462. The molecule has 0 saturated heterocycles. The van der Waals surface area contributed by atoms with Crippen LogP contribution < -0.4 is 0 Å². The molecule has 0 aliphatic heterocycles. The van der Waals surface area contributed by atoms with Crippen molar-refractivity contribution in [2.24, 2.45) is 0 Å². The van der Waals surface area contributed by atoms with Gasteiger partial charge in [-0.3, -0.25) is 0 Å². The van der Waals surface area contributed by atoms with Gasteiger partial charge in [-0.15, -0.1) is 5.10 Å². The molecule has 2 rings (SSSR count). The SMILES string of the molecule is CCc1c(CO)nnn1Cc1ccc(C(C)C)cc1. The first kappa shape index (κ1) is 13.7. The lowest BCUT2D eigenvalue weighted by atomic mass is 10.0. The molecular formula is C15H21N3O. The van der Waals surface area contributed by atoms with E-state index in [0.29, 0.717) is 18.2 Å². The molecule has 1 heterocycles. The van der Waals surface area contributed by atoms with Crippen LogP contribution in [-0.2, 0) is 19.6 Å². The van der Waals surface area contributed by atoms with Crippen molar-refractivity contribution in [3.8, 4) is 0 Å². The molecule has 0 unspecified atom stereocenters. The zero-order valence-corrected chi connectivity index (χ0v) is 11.8. The first-order valence-corrected chi connectivity index (χ1v) is 6.76. The van der Waals surface area contributed by atoms with Crippen LogP contribution in [0, 0.1) is 0 Å². The Labute approximate surface area is 114 Å². The van der Waals surface area contributed by atoms with Crippen molar-refractivity contribution in [1.82, 2.24) is 15.0 Å². The van der Waals surface area contributed by atoms with Gasteiger partial charge in [0.05, 0.1) is 18.8 Å². The minimum Gasteiger partial charge on any atom is -0.390 e. The number of hydrogen-bond acceptors (Lipinski definition) is 3. The van der Waals surface area contributed by atoms with E-state index < -0.39 is 0 Å². The van der Waals surface area contributed by atoms with Gasteiger partial charge in [0.25, 0.3) is 0 Å². The Morgan fingerprint density at radius 3 is 2.42 bits per heavy atom. The Balaban J connectivity index is 2.19. The summed E-state index contributed by atoms with van der Waals surface area (Å²) in [5.74, 6) is 0.549. The fourth-order valence-corrected chi connectivity index (χ4v) is 2.19. The van der Waals surface area contributed by atoms with Crippen LogP contribution in [0.3, 0.4) is 0 Å². The second-order valence-corrected chi connectivity index (χ2v) is 5.05. The van der Waals surface area contributed by atoms with Gasteiger partial charge in [-0.25, -0.2) is 4.68 Å². The predicted octanol–water partition coefficient (Wildman–Crippen LogP) is 2.50. The van der Waals surface area contributed by atoms with E-state index in [1.807, 2.05) is 4.68 Å². The lowest BCUT2D eigenvalue weighted by Crippen LogP contribution is -2.07. The molecule has 0 fully saturated rings. The molecule has 0 bridgehead atoms. The van der Waals surface area contributed by atoms with Crippen LogP contribution in [0.1, 0.15) is 49.2 Å². The Bertz CT molecular complexity index is 529. The molecule has 1 aromatic carbocycles. The van der Waals surface area contributed by atoms with Gasteiger partial charge in [0.1, 0.15) is 5.69 Å². The zero-order chi connectivity index (χ0) is 13.8. The Kier molecular flexibility index (Phi) is 4.32. The van der Waals surface area contributed by atoms with Crippen molar-refractivity contribution >= 4 is 0 Å². The average molecular weight is 259 g/mol. The van der Waals surface area contributed by atoms with Crippen LogP contribution in [-0.4, -0.2) is 20.1 Å². The highest BCUT2D eigenvalue weighted by Crippen LogP contribution is 2.16. The first-order chi connectivity index (χ1) is 9.15. The van der Waals surface area contributed by atoms with Crippen molar-refractivity contribution < 1.29 is 5.11 Å². The van der Waals surface area contributed by atoms with Gasteiger partial charge in [-0.2, -0.15) is 0 Å². The van der Waals surface area contributed by atoms with Gasteiger partial charge >= 0.3 is 0 Å². The predicted molar refractivity (Wildman–Crippen MR) is 75.0 cm³/mol. The molecule has 4 heteroatoms. The molecule has 1 N–H and O–H groups in total. The molecule has 0 amide bonds. The zero-order valence-electron chi connectivity index (χ0n) is 11.8. The maximum Gasteiger partial charge on any atom is 0.111 e. The molecule has 4 nitrogen and oxygen atoms in total. The lowest BCUT2D eigenvalue weighted by molar-refractivity contribution is 0.275. The topological polar surface area (TPSA) is 50.9 Å². The van der Waals surface area contributed by atoms with Crippen molar-refractivity contribution in [2.45, 2.75) is 46.3 Å². The third kappa shape index (κ3) is 3.01. The highest BCUT2D eigenvalue weighted by molar-refractivity contribution is 5.25. The number of rotatable bonds is 5. The third-order valence-corrected chi connectivity index (χ3v) is 3.38. The van der Waals surface area contributed by atoms with E-state index in [1.54, 1.807) is 0 Å². The third-order valence-electron chi connectivity index (χ3n) is 3.38.